The van der Waals surface area contributed by atoms with E-state index in [9.17, 15) is 9.18 Å². The van der Waals surface area contributed by atoms with Crippen molar-refractivity contribution in [1.29, 1.82) is 0 Å². The molecule has 1 aromatic heterocycles. The second-order valence-electron chi connectivity index (χ2n) is 4.33. The maximum absolute atomic E-state index is 13.5. The van der Waals surface area contributed by atoms with Gasteiger partial charge in [-0.3, -0.25) is 0 Å². The number of furan rings is 1. The first-order valence-corrected chi connectivity index (χ1v) is 5.88. The van der Waals surface area contributed by atoms with Gasteiger partial charge in [-0.15, -0.1) is 0 Å². The van der Waals surface area contributed by atoms with Crippen LogP contribution in [-0.4, -0.2) is 17.1 Å². The minimum absolute atomic E-state index is 0.0428. The number of rotatable bonds is 5. The number of carbonyl (C=O) groups is 1. The van der Waals surface area contributed by atoms with Crippen LogP contribution in [0.5, 0.6) is 0 Å². The van der Waals surface area contributed by atoms with Crippen LogP contribution in [0, 0.1) is 5.82 Å². The standard InChI is InChI=1S/C14H14FNO3/c1-9(7-11-3-2-6-19-11)16-10-4-5-12(14(17)18)13(15)8-10/h2-6,8-9,16H,7H2,1H3,(H,17,18). The molecule has 0 amide bonds. The van der Waals surface area contributed by atoms with Crippen molar-refractivity contribution < 1.29 is 18.7 Å². The van der Waals surface area contributed by atoms with E-state index in [4.69, 9.17) is 9.52 Å². The Morgan fingerprint density at radius 3 is 2.84 bits per heavy atom. The lowest BCUT2D eigenvalue weighted by atomic mass is 10.1. The van der Waals surface area contributed by atoms with E-state index in [1.54, 1.807) is 12.3 Å². The molecule has 5 heteroatoms. The minimum atomic E-state index is -1.27. The third kappa shape index (κ3) is 3.34. The Hall–Kier alpha value is -2.30. The fourth-order valence-corrected chi connectivity index (χ4v) is 1.84. The van der Waals surface area contributed by atoms with E-state index in [1.807, 2.05) is 19.1 Å². The number of aromatic carboxylic acids is 1. The molecular weight excluding hydrogens is 249 g/mol. The highest BCUT2D eigenvalue weighted by molar-refractivity contribution is 5.88. The third-order valence-corrected chi connectivity index (χ3v) is 2.70. The zero-order valence-electron chi connectivity index (χ0n) is 10.4. The summed E-state index contributed by atoms with van der Waals surface area (Å²) in [4.78, 5) is 10.7. The molecule has 2 rings (SSSR count). The molecule has 0 aliphatic carbocycles. The number of hydrogen-bond donors (Lipinski definition) is 2. The van der Waals surface area contributed by atoms with Gasteiger partial charge in [-0.2, -0.15) is 0 Å². The van der Waals surface area contributed by atoms with Crippen LogP contribution in [0.3, 0.4) is 0 Å². The molecule has 0 saturated heterocycles. The molecule has 100 valence electrons. The van der Waals surface area contributed by atoms with Crippen LogP contribution in [0.15, 0.2) is 41.0 Å². The highest BCUT2D eigenvalue weighted by atomic mass is 19.1. The summed E-state index contributed by atoms with van der Waals surface area (Å²) in [5.41, 5.74) is 0.214. The molecule has 0 saturated carbocycles. The van der Waals surface area contributed by atoms with Crippen LogP contribution in [0.1, 0.15) is 23.0 Å². The molecular formula is C14H14FNO3. The SMILES string of the molecule is CC(Cc1ccco1)Nc1ccc(C(=O)O)c(F)c1. The molecule has 0 fully saturated rings. The molecule has 0 spiro atoms. The molecule has 0 bridgehead atoms. The van der Waals surface area contributed by atoms with E-state index >= 15 is 0 Å². The van der Waals surface area contributed by atoms with Gasteiger partial charge in [0, 0.05) is 18.2 Å². The fourth-order valence-electron chi connectivity index (χ4n) is 1.84. The van der Waals surface area contributed by atoms with Crippen LogP contribution < -0.4 is 5.32 Å². The van der Waals surface area contributed by atoms with Gasteiger partial charge in [-0.05, 0) is 37.3 Å². The van der Waals surface area contributed by atoms with Crippen LogP contribution >= 0.6 is 0 Å². The quantitative estimate of drug-likeness (QED) is 0.869. The molecule has 1 aromatic carbocycles. The maximum atomic E-state index is 13.5. The van der Waals surface area contributed by atoms with Crippen LogP contribution in [-0.2, 0) is 6.42 Å². The molecule has 1 heterocycles. The highest BCUT2D eigenvalue weighted by Crippen LogP contribution is 2.16. The largest absolute Gasteiger partial charge is 0.478 e. The molecule has 2 aromatic rings. The average Bonchev–Trinajstić information content (AvgIpc) is 2.81. The van der Waals surface area contributed by atoms with Gasteiger partial charge in [0.15, 0.2) is 0 Å². The first-order chi connectivity index (χ1) is 9.06. The van der Waals surface area contributed by atoms with Gasteiger partial charge in [-0.1, -0.05) is 0 Å². The van der Waals surface area contributed by atoms with Crippen molar-refractivity contribution in [1.82, 2.24) is 0 Å². The molecule has 19 heavy (non-hydrogen) atoms. The van der Waals surface area contributed by atoms with Gasteiger partial charge in [0.05, 0.1) is 11.8 Å². The van der Waals surface area contributed by atoms with Crippen molar-refractivity contribution >= 4 is 11.7 Å². The summed E-state index contributed by atoms with van der Waals surface area (Å²) in [5.74, 6) is -1.18. The van der Waals surface area contributed by atoms with Crippen LogP contribution in [0.25, 0.3) is 0 Å². The lowest BCUT2D eigenvalue weighted by Crippen LogP contribution is -2.18. The first-order valence-electron chi connectivity index (χ1n) is 5.88. The summed E-state index contributed by atoms with van der Waals surface area (Å²) in [6.07, 6.45) is 2.26. The molecule has 1 atom stereocenters. The van der Waals surface area contributed by atoms with Crippen molar-refractivity contribution in [3.8, 4) is 0 Å². The Morgan fingerprint density at radius 1 is 1.47 bits per heavy atom. The summed E-state index contributed by atoms with van der Waals surface area (Å²) in [5, 5.41) is 11.8. The number of nitrogens with one attached hydrogen (secondary N) is 1. The topological polar surface area (TPSA) is 62.5 Å². The van der Waals surface area contributed by atoms with Crippen molar-refractivity contribution in [2.45, 2.75) is 19.4 Å². The van der Waals surface area contributed by atoms with E-state index in [2.05, 4.69) is 5.32 Å². The first kappa shape index (κ1) is 13.1. The molecule has 1 unspecified atom stereocenters. The number of halogens is 1. The van der Waals surface area contributed by atoms with E-state index in [0.29, 0.717) is 12.1 Å². The molecule has 2 N–H and O–H groups in total. The molecule has 0 radical (unpaired) electrons. The van der Waals surface area contributed by atoms with Gasteiger partial charge in [0.2, 0.25) is 0 Å². The van der Waals surface area contributed by atoms with E-state index < -0.39 is 11.8 Å². The lowest BCUT2D eigenvalue weighted by Gasteiger charge is -2.14. The second-order valence-corrected chi connectivity index (χ2v) is 4.33. The van der Waals surface area contributed by atoms with Crippen molar-refractivity contribution in [3.63, 3.8) is 0 Å². The van der Waals surface area contributed by atoms with Crippen LogP contribution in [0.2, 0.25) is 0 Å². The minimum Gasteiger partial charge on any atom is -0.478 e. The number of benzene rings is 1. The monoisotopic (exact) mass is 263 g/mol. The smallest absolute Gasteiger partial charge is 0.338 e. The van der Waals surface area contributed by atoms with Gasteiger partial charge < -0.3 is 14.8 Å². The predicted octanol–water partition coefficient (Wildman–Crippen LogP) is 3.16. The maximum Gasteiger partial charge on any atom is 0.338 e. The van der Waals surface area contributed by atoms with Crippen molar-refractivity contribution in [2.24, 2.45) is 0 Å². The highest BCUT2D eigenvalue weighted by Gasteiger charge is 2.12. The van der Waals surface area contributed by atoms with E-state index in [1.165, 1.54) is 12.1 Å². The zero-order valence-corrected chi connectivity index (χ0v) is 10.4. The Morgan fingerprint density at radius 2 is 2.26 bits per heavy atom. The van der Waals surface area contributed by atoms with Crippen molar-refractivity contribution in [3.05, 3.63) is 53.7 Å². The van der Waals surface area contributed by atoms with E-state index in [-0.39, 0.29) is 11.6 Å². The summed E-state index contributed by atoms with van der Waals surface area (Å²) in [6.45, 7) is 1.94. The number of anilines is 1. The predicted molar refractivity (Wildman–Crippen MR) is 68.9 cm³/mol. The summed E-state index contributed by atoms with van der Waals surface area (Å²) < 4.78 is 18.7. The Bertz CT molecular complexity index is 566. The Balaban J connectivity index is 2.03. The summed E-state index contributed by atoms with van der Waals surface area (Å²) >= 11 is 0. The van der Waals surface area contributed by atoms with Gasteiger partial charge in [0.1, 0.15) is 11.6 Å². The van der Waals surface area contributed by atoms with Crippen molar-refractivity contribution in [2.75, 3.05) is 5.32 Å². The Kier molecular flexibility index (Phi) is 3.85. The summed E-state index contributed by atoms with van der Waals surface area (Å²) in [6, 6.07) is 7.70. The molecule has 4 nitrogen and oxygen atoms in total. The zero-order chi connectivity index (χ0) is 13.8. The molecule has 0 aliphatic rings. The number of hydrogen-bond acceptors (Lipinski definition) is 3. The lowest BCUT2D eigenvalue weighted by molar-refractivity contribution is 0.0692. The average molecular weight is 263 g/mol. The van der Waals surface area contributed by atoms with Gasteiger partial charge in [0.25, 0.3) is 0 Å². The van der Waals surface area contributed by atoms with Gasteiger partial charge >= 0.3 is 5.97 Å². The summed E-state index contributed by atoms with van der Waals surface area (Å²) in [7, 11) is 0. The Labute approximate surface area is 109 Å². The van der Waals surface area contributed by atoms with E-state index in [0.717, 1.165) is 5.76 Å². The molecule has 0 aliphatic heterocycles. The fraction of sp³-hybridized carbons (Fsp3) is 0.214. The van der Waals surface area contributed by atoms with Crippen LogP contribution in [0.4, 0.5) is 10.1 Å². The number of carboxylic acids is 1. The third-order valence-electron chi connectivity index (χ3n) is 2.70. The second kappa shape index (κ2) is 5.56. The number of carboxylic acid groups (broad SMARTS) is 1. The normalized spacial score (nSPS) is 12.1. The van der Waals surface area contributed by atoms with Gasteiger partial charge in [-0.25, -0.2) is 9.18 Å².